The van der Waals surface area contributed by atoms with Crippen LogP contribution in [-0.2, 0) is 10.0 Å². The Morgan fingerprint density at radius 3 is 2.48 bits per heavy atom. The molecule has 1 atom stereocenters. The highest BCUT2D eigenvalue weighted by molar-refractivity contribution is 7.89. The van der Waals surface area contributed by atoms with E-state index in [1.165, 1.54) is 10.4 Å². The van der Waals surface area contributed by atoms with Crippen molar-refractivity contribution in [3.63, 3.8) is 0 Å². The summed E-state index contributed by atoms with van der Waals surface area (Å²) in [6, 6.07) is 12.3. The topological polar surface area (TPSA) is 75.7 Å². The number of rotatable bonds is 7. The van der Waals surface area contributed by atoms with Crippen LogP contribution in [0, 0.1) is 19.8 Å². The first-order valence-electron chi connectivity index (χ1n) is 10.8. The molecule has 1 aliphatic heterocycles. The summed E-state index contributed by atoms with van der Waals surface area (Å²) in [5.41, 5.74) is 2.13. The molecule has 0 aromatic heterocycles. The minimum Gasteiger partial charge on any atom is -0.491 e. The van der Waals surface area contributed by atoms with Gasteiger partial charge in [0, 0.05) is 18.7 Å². The number of carbonyl (C=O) groups is 1. The fourth-order valence-corrected chi connectivity index (χ4v) is 5.15. The van der Waals surface area contributed by atoms with Crippen LogP contribution in [0.15, 0.2) is 47.4 Å². The number of hydrogen-bond acceptors (Lipinski definition) is 4. The maximum absolute atomic E-state index is 13.1. The number of benzene rings is 2. The van der Waals surface area contributed by atoms with Crippen molar-refractivity contribution >= 4 is 15.9 Å². The lowest BCUT2D eigenvalue weighted by Gasteiger charge is -2.29. The van der Waals surface area contributed by atoms with Crippen LogP contribution in [0.2, 0.25) is 0 Å². The SMILES string of the molecule is Cc1ccccc1OC[C@@H](C)NC(=O)c1cc(S(=O)(=O)N2CCC(C)CC2)ccc1C. The summed E-state index contributed by atoms with van der Waals surface area (Å²) in [7, 11) is -3.61. The average Bonchev–Trinajstić information content (AvgIpc) is 2.73. The number of nitrogens with zero attached hydrogens (tertiary/aromatic N) is 1. The molecule has 0 aliphatic carbocycles. The predicted octanol–water partition coefficient (Wildman–Crippen LogP) is 3.92. The van der Waals surface area contributed by atoms with Gasteiger partial charge in [0.25, 0.3) is 5.91 Å². The molecule has 6 nitrogen and oxygen atoms in total. The Hall–Kier alpha value is -2.38. The minimum atomic E-state index is -3.61. The molecule has 1 amide bonds. The fourth-order valence-electron chi connectivity index (χ4n) is 3.66. The molecule has 2 aromatic rings. The third-order valence-corrected chi connectivity index (χ3v) is 7.69. The van der Waals surface area contributed by atoms with E-state index in [4.69, 9.17) is 4.74 Å². The van der Waals surface area contributed by atoms with Crippen LogP contribution >= 0.6 is 0 Å². The van der Waals surface area contributed by atoms with Gasteiger partial charge < -0.3 is 10.1 Å². The lowest BCUT2D eigenvalue weighted by Crippen LogP contribution is -2.38. The zero-order valence-electron chi connectivity index (χ0n) is 18.7. The first kappa shape index (κ1) is 23.3. The summed E-state index contributed by atoms with van der Waals surface area (Å²) >= 11 is 0. The Kier molecular flexibility index (Phi) is 7.38. The minimum absolute atomic E-state index is 0.168. The van der Waals surface area contributed by atoms with Gasteiger partial charge in [0.1, 0.15) is 12.4 Å². The van der Waals surface area contributed by atoms with Crippen molar-refractivity contribution in [2.24, 2.45) is 5.92 Å². The number of hydrogen-bond donors (Lipinski definition) is 1. The lowest BCUT2D eigenvalue weighted by molar-refractivity contribution is 0.0925. The van der Waals surface area contributed by atoms with E-state index >= 15 is 0 Å². The van der Waals surface area contributed by atoms with Crippen molar-refractivity contribution in [3.8, 4) is 5.75 Å². The molecule has 0 saturated carbocycles. The molecular weight excluding hydrogens is 412 g/mol. The number of amides is 1. The van der Waals surface area contributed by atoms with E-state index < -0.39 is 10.0 Å². The third-order valence-electron chi connectivity index (χ3n) is 5.79. The Morgan fingerprint density at radius 1 is 1.13 bits per heavy atom. The highest BCUT2D eigenvalue weighted by Gasteiger charge is 2.29. The molecule has 1 aliphatic rings. The van der Waals surface area contributed by atoms with Gasteiger partial charge in [-0.2, -0.15) is 4.31 Å². The zero-order valence-corrected chi connectivity index (χ0v) is 19.5. The van der Waals surface area contributed by atoms with Gasteiger partial charge in [-0.3, -0.25) is 4.79 Å². The summed E-state index contributed by atoms with van der Waals surface area (Å²) in [5.74, 6) is 1.01. The van der Waals surface area contributed by atoms with Gasteiger partial charge in [-0.25, -0.2) is 8.42 Å². The van der Waals surface area contributed by atoms with Gasteiger partial charge in [0.15, 0.2) is 0 Å². The van der Waals surface area contributed by atoms with E-state index in [2.05, 4.69) is 12.2 Å². The van der Waals surface area contributed by atoms with Gasteiger partial charge in [0.05, 0.1) is 10.9 Å². The van der Waals surface area contributed by atoms with E-state index in [0.29, 0.717) is 31.2 Å². The maximum atomic E-state index is 13.1. The van der Waals surface area contributed by atoms with Gasteiger partial charge in [0.2, 0.25) is 10.0 Å². The number of piperidine rings is 1. The smallest absolute Gasteiger partial charge is 0.251 e. The molecule has 1 heterocycles. The molecule has 1 saturated heterocycles. The molecule has 1 N–H and O–H groups in total. The number of aryl methyl sites for hydroxylation is 2. The Morgan fingerprint density at radius 2 is 1.81 bits per heavy atom. The van der Waals surface area contributed by atoms with Crippen LogP contribution < -0.4 is 10.1 Å². The third kappa shape index (κ3) is 5.66. The normalized spacial score (nSPS) is 16.6. The number of carbonyl (C=O) groups excluding carboxylic acids is 1. The Bertz CT molecular complexity index is 1030. The Labute approximate surface area is 185 Å². The van der Waals surface area contributed by atoms with E-state index in [1.54, 1.807) is 12.1 Å². The first-order chi connectivity index (χ1) is 14.7. The van der Waals surface area contributed by atoms with Gasteiger partial charge in [-0.05, 0) is 68.9 Å². The van der Waals surface area contributed by atoms with E-state index in [0.717, 1.165) is 29.7 Å². The molecule has 2 aromatic carbocycles. The molecule has 3 rings (SSSR count). The van der Waals surface area contributed by atoms with Crippen LogP contribution in [0.4, 0.5) is 0 Å². The summed E-state index contributed by atoms with van der Waals surface area (Å²) < 4.78 is 33.5. The molecule has 7 heteroatoms. The summed E-state index contributed by atoms with van der Waals surface area (Å²) in [5, 5.41) is 2.92. The fraction of sp³-hybridized carbons (Fsp3) is 0.458. The van der Waals surface area contributed by atoms with Gasteiger partial charge in [-0.1, -0.05) is 31.2 Å². The van der Waals surface area contributed by atoms with Crippen LogP contribution in [-0.4, -0.2) is 44.4 Å². The second-order valence-electron chi connectivity index (χ2n) is 8.51. The van der Waals surface area contributed by atoms with E-state index in [1.807, 2.05) is 45.0 Å². The van der Waals surface area contributed by atoms with Crippen molar-refractivity contribution in [2.75, 3.05) is 19.7 Å². The molecule has 0 unspecified atom stereocenters. The summed E-state index contributed by atoms with van der Waals surface area (Å²) in [4.78, 5) is 13.0. The number of ether oxygens (including phenoxy) is 1. The molecule has 0 bridgehead atoms. The number of sulfonamides is 1. The predicted molar refractivity (Wildman–Crippen MR) is 122 cm³/mol. The van der Waals surface area contributed by atoms with Gasteiger partial charge in [-0.15, -0.1) is 0 Å². The molecule has 0 radical (unpaired) electrons. The maximum Gasteiger partial charge on any atom is 0.251 e. The van der Waals surface area contributed by atoms with Crippen LogP contribution in [0.25, 0.3) is 0 Å². The van der Waals surface area contributed by atoms with Crippen LogP contribution in [0.5, 0.6) is 5.75 Å². The highest BCUT2D eigenvalue weighted by Crippen LogP contribution is 2.25. The van der Waals surface area contributed by atoms with Crippen molar-refractivity contribution in [2.45, 2.75) is 51.5 Å². The largest absolute Gasteiger partial charge is 0.491 e. The quantitative estimate of drug-likeness (QED) is 0.702. The van der Waals surface area contributed by atoms with Crippen molar-refractivity contribution in [1.29, 1.82) is 0 Å². The average molecular weight is 445 g/mol. The second kappa shape index (κ2) is 9.83. The Balaban J connectivity index is 1.69. The van der Waals surface area contributed by atoms with E-state index in [-0.39, 0.29) is 16.8 Å². The molecule has 1 fully saturated rings. The van der Waals surface area contributed by atoms with E-state index in [9.17, 15) is 13.2 Å². The molecule has 0 spiro atoms. The van der Waals surface area contributed by atoms with Crippen LogP contribution in [0.1, 0.15) is 48.2 Å². The monoisotopic (exact) mass is 444 g/mol. The molecule has 168 valence electrons. The second-order valence-corrected chi connectivity index (χ2v) is 10.5. The van der Waals surface area contributed by atoms with Crippen molar-refractivity contribution in [3.05, 3.63) is 59.2 Å². The molecular formula is C24H32N2O4S. The standard InChI is InChI=1S/C24H32N2O4S/c1-17-11-13-26(14-12-17)31(28,29)21-10-9-18(2)22(15-21)24(27)25-20(4)16-30-23-8-6-5-7-19(23)3/h5-10,15,17,20H,11-14,16H2,1-4H3,(H,25,27)/t20-/m1/s1. The lowest BCUT2D eigenvalue weighted by atomic mass is 10.0. The van der Waals surface area contributed by atoms with Crippen molar-refractivity contribution < 1.29 is 17.9 Å². The zero-order chi connectivity index (χ0) is 22.6. The molecule has 31 heavy (non-hydrogen) atoms. The summed E-state index contributed by atoms with van der Waals surface area (Å²) in [6.07, 6.45) is 1.72. The van der Waals surface area contributed by atoms with Crippen LogP contribution in [0.3, 0.4) is 0 Å². The van der Waals surface area contributed by atoms with Crippen molar-refractivity contribution in [1.82, 2.24) is 9.62 Å². The highest BCUT2D eigenvalue weighted by atomic mass is 32.2. The number of para-hydroxylation sites is 1. The summed E-state index contributed by atoms with van der Waals surface area (Å²) in [6.45, 7) is 9.14. The number of nitrogens with one attached hydrogen (secondary N) is 1. The first-order valence-corrected chi connectivity index (χ1v) is 12.2. The van der Waals surface area contributed by atoms with Gasteiger partial charge >= 0.3 is 0 Å².